The lowest BCUT2D eigenvalue weighted by Crippen LogP contribution is -2.61. The van der Waals surface area contributed by atoms with Gasteiger partial charge >= 0.3 is 5.97 Å². The lowest BCUT2D eigenvalue weighted by Gasteiger charge is -2.29. The molecule has 12 atom stereocenters. The maximum Gasteiger partial charge on any atom is 0.303 e. The van der Waals surface area contributed by atoms with E-state index in [4.69, 9.17) is 11.5 Å². The number of aliphatic hydroxyl groups is 1. The number of nitrogens with zero attached hydrogens (tertiary/aromatic N) is 1. The summed E-state index contributed by atoms with van der Waals surface area (Å²) in [6.45, 7) is 10.1. The first-order chi connectivity index (χ1) is 49.5. The first kappa shape index (κ1) is 82.9. The van der Waals surface area contributed by atoms with Crippen LogP contribution in [0.5, 0.6) is 0 Å². The molecule has 5 aromatic rings. The second-order valence-corrected chi connectivity index (χ2v) is 28.6. The second-order valence-electron chi connectivity index (χ2n) is 26.1. The number of aromatic amines is 3. The molecular weight excluding hydrogens is 1390 g/mol. The fourth-order valence-corrected chi connectivity index (χ4v) is 13.5. The minimum Gasteiger partial charge on any atom is -0.481 e. The van der Waals surface area contributed by atoms with E-state index in [-0.39, 0.29) is 68.9 Å². The number of benzene rings is 2. The molecule has 1 aliphatic heterocycles. The van der Waals surface area contributed by atoms with Crippen molar-refractivity contribution in [2.24, 2.45) is 23.3 Å². The fourth-order valence-electron chi connectivity index (χ4n) is 11.2. The standard InChI is InChI=1S/C68H96N18O16S2/c1-8-53(88)78-51-31-103-104-32-52(67(101)86-57(37(7)87)58(70)92)84-63(97)49(25-39-28-73-44-18-12-10-16-42(39)44)83-68(102)56(35(4)5)85-65(99)47(23-34(2)3)81-61(95)46(20-21-55(90)91)77-54(89)30-74-60(94)45(19-13-14-22-69)79-64(98)50(26-40-29-71-33-75-40)82-62(96)48(80-59(93)36(6)76-66(51)100)24-38-27-72-43-17-11-9-15-41(38)43/h9-12,15-18,27-29,33-37,45-52,56-57,72-73,87H,8,13-14,19-26,30-32,69H2,1-7H3,(H2,70,92)(H,71,75)(H,74,94)(H,76,100)(H,77,89)(H,78,88)(H,79,98)(H,80,93)(H,81,95)(H,82,96)(H,83,102)(H,84,97)(H,85,99)(H,86,101)(H,90,91)/t36-,37?,45-,46-,47-,48-,49-,50-,51-,52-,56?,57?/m0/s1. The Bertz CT molecular complexity index is 3830. The molecule has 104 heavy (non-hydrogen) atoms. The summed E-state index contributed by atoms with van der Waals surface area (Å²) in [5.74, 6) is -15.0. The van der Waals surface area contributed by atoms with Crippen LogP contribution in [0.1, 0.15) is 110 Å². The molecule has 36 heteroatoms. The Labute approximate surface area is 607 Å². The van der Waals surface area contributed by atoms with Crippen molar-refractivity contribution in [2.45, 2.75) is 185 Å². The van der Waals surface area contributed by atoms with Crippen molar-refractivity contribution in [1.29, 1.82) is 0 Å². The van der Waals surface area contributed by atoms with Crippen molar-refractivity contribution in [3.05, 3.63) is 90.3 Å². The van der Waals surface area contributed by atoms with Gasteiger partial charge < -0.3 is 100 Å². The summed E-state index contributed by atoms with van der Waals surface area (Å²) in [4.78, 5) is 210. The van der Waals surface area contributed by atoms with E-state index >= 15 is 0 Å². The van der Waals surface area contributed by atoms with Gasteiger partial charge in [-0.25, -0.2) is 4.98 Å². The molecule has 34 nitrogen and oxygen atoms in total. The topological polar surface area (TPSA) is 536 Å². The number of hydrogen-bond acceptors (Lipinski definition) is 19. The minimum absolute atomic E-state index is 0.0432. The number of imidazole rings is 1. The van der Waals surface area contributed by atoms with Crippen LogP contribution in [-0.2, 0) is 86.4 Å². The Kier molecular flexibility index (Phi) is 32.4. The highest BCUT2D eigenvalue weighted by Gasteiger charge is 2.38. The van der Waals surface area contributed by atoms with Gasteiger partial charge in [0.1, 0.15) is 66.5 Å². The van der Waals surface area contributed by atoms with Crippen molar-refractivity contribution in [2.75, 3.05) is 24.6 Å². The van der Waals surface area contributed by atoms with Crippen LogP contribution in [0.15, 0.2) is 73.4 Å². The highest BCUT2D eigenvalue weighted by molar-refractivity contribution is 8.76. The lowest BCUT2D eigenvalue weighted by molar-refractivity contribution is -0.138. The SMILES string of the molecule is CCC(=O)N[C@H]1CSSC[C@@H](C(=O)NC(C(N)=O)C(C)O)NC(=O)[C@H](Cc2c[nH]c3ccccc23)NC(=O)C(C(C)C)NC(=O)[C@H](CC(C)C)NC(=O)[C@H](CCC(=O)O)NC(=O)CNC(=O)[C@H](CCCCN)NC(=O)[C@H](Cc2cnc[nH]2)NC(=O)[C@H](Cc2c[nH]c3ccccc23)NC(=O)[C@H](C)NC1=O. The Morgan fingerprint density at radius 2 is 1.15 bits per heavy atom. The number of fused-ring (bicyclic) bond motifs is 2. The first-order valence-electron chi connectivity index (χ1n) is 34.3. The van der Waals surface area contributed by atoms with Crippen LogP contribution in [0.4, 0.5) is 0 Å². The molecule has 566 valence electrons. The van der Waals surface area contributed by atoms with Crippen LogP contribution in [0.2, 0.25) is 0 Å². The van der Waals surface area contributed by atoms with Gasteiger partial charge in [0.25, 0.3) is 0 Å². The number of aromatic nitrogens is 4. The van der Waals surface area contributed by atoms with Crippen LogP contribution in [-0.4, -0.2) is 210 Å². The number of amides is 13. The summed E-state index contributed by atoms with van der Waals surface area (Å²) in [5.41, 5.74) is 14.2. The molecule has 1 aliphatic rings. The second kappa shape index (κ2) is 40.7. The van der Waals surface area contributed by atoms with Crippen LogP contribution < -0.4 is 75.3 Å². The molecule has 1 saturated heterocycles. The van der Waals surface area contributed by atoms with E-state index in [9.17, 15) is 77.3 Å². The van der Waals surface area contributed by atoms with E-state index in [1.807, 2.05) is 0 Å². The van der Waals surface area contributed by atoms with E-state index in [0.717, 1.165) is 21.6 Å². The Morgan fingerprint density at radius 3 is 1.71 bits per heavy atom. The Hall–Kier alpha value is -10.1. The molecule has 21 N–H and O–H groups in total. The summed E-state index contributed by atoms with van der Waals surface area (Å²) in [7, 11) is 1.85. The summed E-state index contributed by atoms with van der Waals surface area (Å²) < 4.78 is 0. The number of rotatable bonds is 22. The molecule has 6 rings (SSSR count). The number of carbonyl (C=O) groups is 14. The Balaban J connectivity index is 1.41. The van der Waals surface area contributed by atoms with Crippen LogP contribution >= 0.6 is 21.6 Å². The number of H-pyrrole nitrogens is 3. The van der Waals surface area contributed by atoms with Gasteiger partial charge in [-0.05, 0) is 87.6 Å². The van der Waals surface area contributed by atoms with E-state index in [1.165, 1.54) is 33.3 Å². The third kappa shape index (κ3) is 25.4. The average Bonchev–Trinajstić information content (AvgIpc) is 1.67. The zero-order valence-electron chi connectivity index (χ0n) is 58.9. The van der Waals surface area contributed by atoms with Crippen LogP contribution in [0, 0.1) is 11.8 Å². The zero-order valence-corrected chi connectivity index (χ0v) is 60.6. The predicted molar refractivity (Wildman–Crippen MR) is 386 cm³/mol. The van der Waals surface area contributed by atoms with Gasteiger partial charge in [-0.3, -0.25) is 67.1 Å². The lowest BCUT2D eigenvalue weighted by atomic mass is 9.98. The van der Waals surface area contributed by atoms with Gasteiger partial charge in [0, 0.05) is 89.7 Å². The summed E-state index contributed by atoms with van der Waals surface area (Å²) >= 11 is 0. The number of hydrogen-bond donors (Lipinski definition) is 19. The summed E-state index contributed by atoms with van der Waals surface area (Å²) in [5, 5.41) is 52.9. The third-order valence-electron chi connectivity index (χ3n) is 17.0. The number of aliphatic carboxylic acids is 1. The molecule has 0 aliphatic carbocycles. The van der Waals surface area contributed by atoms with Crippen molar-refractivity contribution in [1.82, 2.24) is 83.7 Å². The van der Waals surface area contributed by atoms with E-state index in [0.29, 0.717) is 45.0 Å². The fraction of sp³-hybridized carbons (Fsp3) is 0.515. The molecule has 0 spiro atoms. The van der Waals surface area contributed by atoms with Gasteiger partial charge in [0.2, 0.25) is 76.8 Å². The summed E-state index contributed by atoms with van der Waals surface area (Å²) in [6, 6.07) is -2.42. The first-order valence-corrected chi connectivity index (χ1v) is 36.8. The van der Waals surface area contributed by atoms with Crippen LogP contribution in [0.25, 0.3) is 21.8 Å². The number of carboxylic acids is 1. The molecule has 13 amide bonds. The van der Waals surface area contributed by atoms with E-state index in [1.54, 1.807) is 88.6 Å². The molecule has 3 aromatic heterocycles. The third-order valence-corrected chi connectivity index (χ3v) is 19.4. The largest absolute Gasteiger partial charge is 0.481 e. The van der Waals surface area contributed by atoms with Crippen LogP contribution in [0.3, 0.4) is 0 Å². The number of nitrogens with one attached hydrogen (secondary N) is 15. The molecule has 4 heterocycles. The van der Waals surface area contributed by atoms with Gasteiger partial charge in [-0.1, -0.05) is 92.6 Å². The van der Waals surface area contributed by atoms with Crippen molar-refractivity contribution in [3.63, 3.8) is 0 Å². The average molecular weight is 1490 g/mol. The number of aliphatic hydroxyl groups excluding tert-OH is 1. The number of carboxylic acid groups (broad SMARTS) is 1. The number of nitrogens with two attached hydrogens (primary N) is 2. The van der Waals surface area contributed by atoms with Gasteiger partial charge in [0.15, 0.2) is 0 Å². The quantitative estimate of drug-likeness (QED) is 0.0269. The predicted octanol–water partition coefficient (Wildman–Crippen LogP) is -1.76. The molecule has 1 fully saturated rings. The normalized spacial score (nSPS) is 23.2. The molecule has 0 bridgehead atoms. The van der Waals surface area contributed by atoms with Gasteiger partial charge in [-0.2, -0.15) is 0 Å². The summed E-state index contributed by atoms with van der Waals surface area (Å²) in [6.07, 6.45) is 3.05. The van der Waals surface area contributed by atoms with Crippen molar-refractivity contribution >= 4 is 126 Å². The van der Waals surface area contributed by atoms with Gasteiger partial charge in [-0.15, -0.1) is 0 Å². The molecule has 2 aromatic carbocycles. The maximum absolute atomic E-state index is 15.0. The highest BCUT2D eigenvalue weighted by Crippen LogP contribution is 2.25. The Morgan fingerprint density at radius 1 is 0.615 bits per heavy atom. The van der Waals surface area contributed by atoms with Crippen molar-refractivity contribution in [3.8, 4) is 0 Å². The molecular formula is C68H96N18O16S2. The number of unbranched alkanes of at least 4 members (excludes halogenated alkanes) is 1. The van der Waals surface area contributed by atoms with Gasteiger partial charge in [0.05, 0.1) is 19.0 Å². The van der Waals surface area contributed by atoms with Crippen molar-refractivity contribution < 1.29 is 77.3 Å². The number of carbonyl (C=O) groups excluding carboxylic acids is 13. The van der Waals surface area contributed by atoms with E-state index < -0.39 is 181 Å². The monoisotopic (exact) mass is 1480 g/mol. The smallest absolute Gasteiger partial charge is 0.303 e. The number of para-hydroxylation sites is 2. The maximum atomic E-state index is 15.0. The minimum atomic E-state index is -1.67. The molecule has 0 saturated carbocycles. The highest BCUT2D eigenvalue weighted by atomic mass is 33.1. The molecule has 0 radical (unpaired) electrons. The van der Waals surface area contributed by atoms with E-state index in [2.05, 4.69) is 83.7 Å². The molecule has 3 unspecified atom stereocenters. The number of primary amides is 1. The zero-order chi connectivity index (χ0) is 76.3.